The number of ether oxygens (including phenoxy) is 2. The zero-order valence-corrected chi connectivity index (χ0v) is 23.9. The highest BCUT2D eigenvalue weighted by atomic mass is 32.2. The Hall–Kier alpha value is -3.15. The maximum atomic E-state index is 13.4. The molecule has 11 heteroatoms. The lowest BCUT2D eigenvalue weighted by atomic mass is 9.94. The quantitative estimate of drug-likeness (QED) is 0.501. The summed E-state index contributed by atoms with van der Waals surface area (Å²) in [6, 6.07) is 15.0. The average Bonchev–Trinajstić information content (AvgIpc) is 3.37. The summed E-state index contributed by atoms with van der Waals surface area (Å²) in [6.07, 6.45) is 1.91. The Morgan fingerprint density at radius 1 is 1.10 bits per heavy atom. The van der Waals surface area contributed by atoms with Crippen LogP contribution in [0.3, 0.4) is 0 Å². The van der Waals surface area contributed by atoms with Crippen molar-refractivity contribution in [2.75, 3.05) is 37.2 Å². The Balaban J connectivity index is 1.16. The number of likely N-dealkylation sites (N-methyl/N-ethyl adjacent to an activating group) is 1. The van der Waals surface area contributed by atoms with E-state index in [-0.39, 0.29) is 54.9 Å². The van der Waals surface area contributed by atoms with Crippen molar-refractivity contribution in [3.05, 3.63) is 59.7 Å². The number of sulfonamides is 1. The van der Waals surface area contributed by atoms with Gasteiger partial charge in [-0.05, 0) is 49.9 Å². The van der Waals surface area contributed by atoms with Gasteiger partial charge >= 0.3 is 0 Å². The van der Waals surface area contributed by atoms with Gasteiger partial charge in [-0.25, -0.2) is 8.42 Å². The number of carbonyl (C=O) groups is 2. The fourth-order valence-electron chi connectivity index (χ4n) is 5.77. The summed E-state index contributed by atoms with van der Waals surface area (Å²) in [5.74, 6) is 0.0312. The van der Waals surface area contributed by atoms with Gasteiger partial charge < -0.3 is 19.7 Å². The Bertz CT molecular complexity index is 1320. The SMILES string of the molecule is CCS(=O)(=O)Nc1ccc2c(c1)C(=O)N(C)[C@@H]1CC[C@@H](CC(=O)N[C@H]3CCN(Cc4ccccc4)C3)O[C@H]1CO2. The lowest BCUT2D eigenvalue weighted by Gasteiger charge is -2.42. The minimum Gasteiger partial charge on any atom is -0.490 e. The highest BCUT2D eigenvalue weighted by Crippen LogP contribution is 2.32. The van der Waals surface area contributed by atoms with Gasteiger partial charge in [0.25, 0.3) is 5.91 Å². The number of hydrogen-bond acceptors (Lipinski definition) is 7. The largest absolute Gasteiger partial charge is 0.490 e. The van der Waals surface area contributed by atoms with Crippen LogP contribution in [-0.4, -0.2) is 86.8 Å². The number of fused-ring (bicyclic) bond motifs is 2. The molecule has 3 heterocycles. The second-order valence-electron chi connectivity index (χ2n) is 10.9. The van der Waals surface area contributed by atoms with Gasteiger partial charge in [0.15, 0.2) is 0 Å². The van der Waals surface area contributed by atoms with Gasteiger partial charge in [-0.3, -0.25) is 19.2 Å². The average molecular weight is 571 g/mol. The number of benzene rings is 2. The number of carbonyl (C=O) groups excluding carboxylic acids is 2. The molecular formula is C29H38N4O6S. The van der Waals surface area contributed by atoms with Crippen LogP contribution in [0, 0.1) is 0 Å². The van der Waals surface area contributed by atoms with Crippen molar-refractivity contribution < 1.29 is 27.5 Å². The first-order chi connectivity index (χ1) is 19.2. The maximum Gasteiger partial charge on any atom is 0.257 e. The second-order valence-corrected chi connectivity index (χ2v) is 12.9. The van der Waals surface area contributed by atoms with Crippen LogP contribution in [0.25, 0.3) is 0 Å². The van der Waals surface area contributed by atoms with Gasteiger partial charge in [0.1, 0.15) is 18.5 Å². The summed E-state index contributed by atoms with van der Waals surface area (Å²) in [7, 11) is -1.74. The summed E-state index contributed by atoms with van der Waals surface area (Å²) in [5, 5.41) is 3.19. The molecule has 40 heavy (non-hydrogen) atoms. The first kappa shape index (κ1) is 28.4. The van der Waals surface area contributed by atoms with E-state index in [1.807, 2.05) is 18.2 Å². The number of rotatable bonds is 8. The zero-order valence-electron chi connectivity index (χ0n) is 23.0. The van der Waals surface area contributed by atoms with Crippen molar-refractivity contribution in [3.8, 4) is 5.75 Å². The molecule has 0 radical (unpaired) electrons. The van der Waals surface area contributed by atoms with Gasteiger partial charge in [-0.15, -0.1) is 0 Å². The van der Waals surface area contributed by atoms with Crippen LogP contribution in [0.2, 0.25) is 0 Å². The van der Waals surface area contributed by atoms with Crippen molar-refractivity contribution in [2.45, 2.75) is 63.4 Å². The molecule has 0 aliphatic carbocycles. The second kappa shape index (κ2) is 12.2. The lowest BCUT2D eigenvalue weighted by molar-refractivity contribution is -0.134. The molecule has 3 aliphatic heterocycles. The van der Waals surface area contributed by atoms with Crippen molar-refractivity contribution in [1.29, 1.82) is 0 Å². The molecule has 2 aromatic carbocycles. The van der Waals surface area contributed by atoms with E-state index in [0.717, 1.165) is 26.1 Å². The molecule has 2 N–H and O–H groups in total. The van der Waals surface area contributed by atoms with Gasteiger partial charge in [0, 0.05) is 38.4 Å². The summed E-state index contributed by atoms with van der Waals surface area (Å²) >= 11 is 0. The Morgan fingerprint density at radius 3 is 2.67 bits per heavy atom. The number of anilines is 1. The molecule has 0 saturated carbocycles. The Morgan fingerprint density at radius 2 is 1.90 bits per heavy atom. The molecule has 2 amide bonds. The number of likely N-dealkylation sites (tertiary alicyclic amines) is 1. The van der Waals surface area contributed by atoms with Crippen LogP contribution in [0.5, 0.6) is 5.75 Å². The number of amides is 2. The molecule has 3 aliphatic rings. The third-order valence-electron chi connectivity index (χ3n) is 7.96. The Kier molecular flexibility index (Phi) is 8.62. The third-order valence-corrected chi connectivity index (χ3v) is 9.27. The molecular weight excluding hydrogens is 532 g/mol. The van der Waals surface area contributed by atoms with E-state index in [1.165, 1.54) is 11.6 Å². The maximum absolute atomic E-state index is 13.4. The number of nitrogens with zero attached hydrogens (tertiary/aromatic N) is 2. The minimum absolute atomic E-state index is 0.0152. The fraction of sp³-hybridized carbons (Fsp3) is 0.517. The molecule has 5 rings (SSSR count). The minimum atomic E-state index is -3.48. The van der Waals surface area contributed by atoms with Crippen LogP contribution in [-0.2, 0) is 26.1 Å². The zero-order chi connectivity index (χ0) is 28.3. The van der Waals surface area contributed by atoms with Gasteiger partial charge in [0.2, 0.25) is 15.9 Å². The molecule has 0 unspecified atom stereocenters. The normalized spacial score (nSPS) is 25.2. The smallest absolute Gasteiger partial charge is 0.257 e. The highest BCUT2D eigenvalue weighted by Gasteiger charge is 2.39. The van der Waals surface area contributed by atoms with E-state index >= 15 is 0 Å². The fourth-order valence-corrected chi connectivity index (χ4v) is 6.40. The summed E-state index contributed by atoms with van der Waals surface area (Å²) < 4.78 is 38.8. The van der Waals surface area contributed by atoms with Crippen LogP contribution in [0.4, 0.5) is 5.69 Å². The predicted octanol–water partition coefficient (Wildman–Crippen LogP) is 2.61. The molecule has 10 nitrogen and oxygen atoms in total. The number of nitrogens with one attached hydrogen (secondary N) is 2. The van der Waals surface area contributed by atoms with E-state index in [2.05, 4.69) is 27.1 Å². The molecule has 2 fully saturated rings. The summed E-state index contributed by atoms with van der Waals surface area (Å²) in [6.45, 7) is 4.44. The van der Waals surface area contributed by atoms with Crippen LogP contribution < -0.4 is 14.8 Å². The van der Waals surface area contributed by atoms with Crippen molar-refractivity contribution in [3.63, 3.8) is 0 Å². The van der Waals surface area contributed by atoms with Crippen LogP contribution in [0.1, 0.15) is 48.5 Å². The van der Waals surface area contributed by atoms with Gasteiger partial charge in [-0.2, -0.15) is 0 Å². The molecule has 4 atom stereocenters. The Labute approximate surface area is 236 Å². The molecule has 0 spiro atoms. The summed E-state index contributed by atoms with van der Waals surface area (Å²) in [4.78, 5) is 30.3. The van der Waals surface area contributed by atoms with Crippen molar-refractivity contribution >= 4 is 27.5 Å². The van der Waals surface area contributed by atoms with E-state index in [1.54, 1.807) is 31.0 Å². The predicted molar refractivity (Wildman–Crippen MR) is 152 cm³/mol. The van der Waals surface area contributed by atoms with Gasteiger partial charge in [0.05, 0.1) is 29.9 Å². The van der Waals surface area contributed by atoms with Crippen LogP contribution >= 0.6 is 0 Å². The van der Waals surface area contributed by atoms with Crippen molar-refractivity contribution in [1.82, 2.24) is 15.1 Å². The monoisotopic (exact) mass is 570 g/mol. The van der Waals surface area contributed by atoms with E-state index in [4.69, 9.17) is 9.47 Å². The van der Waals surface area contributed by atoms with E-state index in [9.17, 15) is 18.0 Å². The highest BCUT2D eigenvalue weighted by molar-refractivity contribution is 7.92. The van der Waals surface area contributed by atoms with Gasteiger partial charge in [-0.1, -0.05) is 30.3 Å². The molecule has 2 saturated heterocycles. The lowest BCUT2D eigenvalue weighted by Crippen LogP contribution is -2.54. The number of hydrogen-bond donors (Lipinski definition) is 2. The molecule has 2 aromatic rings. The first-order valence-corrected chi connectivity index (χ1v) is 15.6. The van der Waals surface area contributed by atoms with E-state index < -0.39 is 10.0 Å². The molecule has 216 valence electrons. The van der Waals surface area contributed by atoms with E-state index in [0.29, 0.717) is 29.8 Å². The topological polar surface area (TPSA) is 117 Å². The molecule has 0 bridgehead atoms. The third kappa shape index (κ3) is 6.76. The summed E-state index contributed by atoms with van der Waals surface area (Å²) in [5.41, 5.74) is 1.89. The van der Waals surface area contributed by atoms with Crippen LogP contribution in [0.15, 0.2) is 48.5 Å². The first-order valence-electron chi connectivity index (χ1n) is 14.0. The van der Waals surface area contributed by atoms with Crippen molar-refractivity contribution in [2.24, 2.45) is 0 Å². The standard InChI is InChI=1S/C29H38N4O6S/c1-3-40(36,37)31-21-9-12-26-24(15-21)29(35)32(2)25-11-10-23(39-27(25)19-38-26)16-28(34)30-22-13-14-33(18-22)17-20-7-5-4-6-8-20/h4-9,12,15,22-23,25,27,31H,3,10-11,13-14,16-19H2,1-2H3,(H,30,34)/t22-,23-,25+,27-/m0/s1. The molecule has 0 aromatic heterocycles.